The molecule has 2 aromatic carbocycles. The fourth-order valence-electron chi connectivity index (χ4n) is 3.72. The SMILES string of the molecule is CCC1(CC)COC(c2ccc(-c3ccccc3)cc2)(c2cccnc2)O1. The fourth-order valence-corrected chi connectivity index (χ4v) is 3.72. The Balaban J connectivity index is 1.76. The molecule has 2 heterocycles. The molecule has 1 aliphatic heterocycles. The van der Waals surface area contributed by atoms with Crippen molar-refractivity contribution in [3.8, 4) is 11.1 Å². The second-order valence-corrected chi connectivity index (χ2v) is 7.08. The van der Waals surface area contributed by atoms with Crippen LogP contribution in [0.3, 0.4) is 0 Å². The highest BCUT2D eigenvalue weighted by Gasteiger charge is 2.51. The van der Waals surface area contributed by atoms with Crippen LogP contribution in [0.5, 0.6) is 0 Å². The van der Waals surface area contributed by atoms with E-state index in [0.29, 0.717) is 6.61 Å². The Labute approximate surface area is 161 Å². The third-order valence-electron chi connectivity index (χ3n) is 5.60. The van der Waals surface area contributed by atoms with Gasteiger partial charge in [0.1, 0.15) is 0 Å². The number of ether oxygens (including phenoxy) is 2. The van der Waals surface area contributed by atoms with Crippen LogP contribution in [0.1, 0.15) is 37.8 Å². The lowest BCUT2D eigenvalue weighted by atomic mass is 9.95. The van der Waals surface area contributed by atoms with E-state index in [-0.39, 0.29) is 5.60 Å². The van der Waals surface area contributed by atoms with Crippen LogP contribution in [0.4, 0.5) is 0 Å². The van der Waals surface area contributed by atoms with Crippen LogP contribution >= 0.6 is 0 Å². The van der Waals surface area contributed by atoms with Gasteiger partial charge in [-0.15, -0.1) is 0 Å². The molecule has 1 saturated heterocycles. The summed E-state index contributed by atoms with van der Waals surface area (Å²) in [5.41, 5.74) is 4.04. The lowest BCUT2D eigenvalue weighted by Crippen LogP contribution is -2.35. The van der Waals surface area contributed by atoms with Crippen molar-refractivity contribution < 1.29 is 9.47 Å². The van der Waals surface area contributed by atoms with Gasteiger partial charge in [-0.3, -0.25) is 4.98 Å². The molecule has 0 radical (unpaired) electrons. The highest BCUT2D eigenvalue weighted by atomic mass is 16.8. The Morgan fingerprint density at radius 2 is 1.52 bits per heavy atom. The zero-order valence-electron chi connectivity index (χ0n) is 15.9. The molecule has 4 rings (SSSR count). The summed E-state index contributed by atoms with van der Waals surface area (Å²) in [6, 6.07) is 22.8. The molecule has 1 aliphatic rings. The maximum atomic E-state index is 6.69. The van der Waals surface area contributed by atoms with Gasteiger partial charge in [0, 0.05) is 23.5 Å². The van der Waals surface area contributed by atoms with E-state index < -0.39 is 5.79 Å². The number of nitrogens with zero attached hydrogens (tertiary/aromatic N) is 1. The molecule has 3 aromatic rings. The molecule has 1 unspecified atom stereocenters. The molecular formula is C24H25NO2. The highest BCUT2D eigenvalue weighted by molar-refractivity contribution is 5.63. The topological polar surface area (TPSA) is 31.4 Å². The van der Waals surface area contributed by atoms with E-state index in [2.05, 4.69) is 67.4 Å². The molecule has 0 N–H and O–H groups in total. The van der Waals surface area contributed by atoms with Gasteiger partial charge in [-0.05, 0) is 30.0 Å². The van der Waals surface area contributed by atoms with Crippen LogP contribution in [-0.4, -0.2) is 17.2 Å². The van der Waals surface area contributed by atoms with Crippen molar-refractivity contribution in [2.45, 2.75) is 38.1 Å². The van der Waals surface area contributed by atoms with Crippen molar-refractivity contribution in [2.75, 3.05) is 6.61 Å². The van der Waals surface area contributed by atoms with Gasteiger partial charge >= 0.3 is 0 Å². The van der Waals surface area contributed by atoms with Gasteiger partial charge in [0.25, 0.3) is 0 Å². The molecule has 0 saturated carbocycles. The maximum Gasteiger partial charge on any atom is 0.224 e. The smallest absolute Gasteiger partial charge is 0.224 e. The van der Waals surface area contributed by atoms with Gasteiger partial charge in [-0.25, -0.2) is 0 Å². The minimum atomic E-state index is -0.907. The second kappa shape index (κ2) is 7.26. The Morgan fingerprint density at radius 1 is 0.815 bits per heavy atom. The zero-order chi connectivity index (χ0) is 18.7. The first-order valence-corrected chi connectivity index (χ1v) is 9.62. The number of rotatable bonds is 5. The molecule has 0 spiro atoms. The molecule has 0 aliphatic carbocycles. The van der Waals surface area contributed by atoms with E-state index in [9.17, 15) is 0 Å². The van der Waals surface area contributed by atoms with Crippen molar-refractivity contribution in [1.29, 1.82) is 0 Å². The molecule has 0 amide bonds. The molecule has 0 bridgehead atoms. The van der Waals surface area contributed by atoms with Crippen molar-refractivity contribution >= 4 is 0 Å². The number of hydrogen-bond donors (Lipinski definition) is 0. The van der Waals surface area contributed by atoms with Crippen molar-refractivity contribution in [1.82, 2.24) is 4.98 Å². The molecule has 3 heteroatoms. The minimum Gasteiger partial charge on any atom is -0.339 e. The quantitative estimate of drug-likeness (QED) is 0.598. The summed E-state index contributed by atoms with van der Waals surface area (Å²) in [7, 11) is 0. The summed E-state index contributed by atoms with van der Waals surface area (Å²) in [6.07, 6.45) is 5.44. The first kappa shape index (κ1) is 17.9. The lowest BCUT2D eigenvalue weighted by molar-refractivity contribution is -0.166. The fraction of sp³-hybridized carbons (Fsp3) is 0.292. The number of pyridine rings is 1. The van der Waals surface area contributed by atoms with Crippen molar-refractivity contribution in [3.05, 3.63) is 90.3 Å². The standard InChI is InChI=1S/C24H25NO2/c1-3-23(4-2)18-26-24(27-23,22-11-8-16-25-17-22)21-14-12-20(13-15-21)19-9-6-5-7-10-19/h5-17H,3-4,18H2,1-2H3. The van der Waals surface area contributed by atoms with Crippen LogP contribution < -0.4 is 0 Å². The molecule has 1 aromatic heterocycles. The first-order chi connectivity index (χ1) is 13.2. The predicted octanol–water partition coefficient (Wildman–Crippen LogP) is 5.56. The first-order valence-electron chi connectivity index (χ1n) is 9.62. The van der Waals surface area contributed by atoms with Crippen LogP contribution in [0.15, 0.2) is 79.1 Å². The summed E-state index contributed by atoms with van der Waals surface area (Å²) in [5.74, 6) is -0.907. The second-order valence-electron chi connectivity index (χ2n) is 7.08. The third-order valence-corrected chi connectivity index (χ3v) is 5.60. The summed E-state index contributed by atoms with van der Waals surface area (Å²) >= 11 is 0. The van der Waals surface area contributed by atoms with E-state index in [0.717, 1.165) is 24.0 Å². The maximum absolute atomic E-state index is 6.69. The van der Waals surface area contributed by atoms with Gasteiger partial charge in [0.2, 0.25) is 5.79 Å². The van der Waals surface area contributed by atoms with E-state index >= 15 is 0 Å². The van der Waals surface area contributed by atoms with E-state index in [1.54, 1.807) is 6.20 Å². The largest absolute Gasteiger partial charge is 0.339 e. The molecule has 27 heavy (non-hydrogen) atoms. The normalized spacial score (nSPS) is 21.3. The Morgan fingerprint density at radius 3 is 2.11 bits per heavy atom. The van der Waals surface area contributed by atoms with Crippen LogP contribution in [-0.2, 0) is 15.3 Å². The van der Waals surface area contributed by atoms with Crippen LogP contribution in [0.25, 0.3) is 11.1 Å². The zero-order valence-corrected chi connectivity index (χ0v) is 15.9. The van der Waals surface area contributed by atoms with Crippen LogP contribution in [0, 0.1) is 0 Å². The predicted molar refractivity (Wildman–Crippen MR) is 107 cm³/mol. The van der Waals surface area contributed by atoms with Crippen molar-refractivity contribution in [3.63, 3.8) is 0 Å². The summed E-state index contributed by atoms with van der Waals surface area (Å²) in [4.78, 5) is 4.30. The molecular weight excluding hydrogens is 334 g/mol. The van der Waals surface area contributed by atoms with Gasteiger partial charge in [-0.2, -0.15) is 0 Å². The molecule has 138 valence electrons. The van der Waals surface area contributed by atoms with Crippen molar-refractivity contribution in [2.24, 2.45) is 0 Å². The van der Waals surface area contributed by atoms with Gasteiger partial charge in [-0.1, -0.05) is 74.5 Å². The van der Waals surface area contributed by atoms with Crippen LogP contribution in [0.2, 0.25) is 0 Å². The van der Waals surface area contributed by atoms with Gasteiger partial charge in [0.05, 0.1) is 12.2 Å². The average molecular weight is 359 g/mol. The summed E-state index contributed by atoms with van der Waals surface area (Å²) in [6.45, 7) is 4.89. The van der Waals surface area contributed by atoms with E-state index in [4.69, 9.17) is 9.47 Å². The number of benzene rings is 2. The number of hydrogen-bond acceptors (Lipinski definition) is 3. The van der Waals surface area contributed by atoms with E-state index in [1.165, 1.54) is 11.1 Å². The van der Waals surface area contributed by atoms with Gasteiger partial charge < -0.3 is 9.47 Å². The molecule has 3 nitrogen and oxygen atoms in total. The minimum absolute atomic E-state index is 0.270. The third kappa shape index (κ3) is 3.18. The van der Waals surface area contributed by atoms with Gasteiger partial charge in [0.15, 0.2) is 0 Å². The van der Waals surface area contributed by atoms with E-state index in [1.807, 2.05) is 24.4 Å². The molecule has 1 fully saturated rings. The Kier molecular flexibility index (Phi) is 4.81. The summed E-state index contributed by atoms with van der Waals surface area (Å²) < 4.78 is 13.1. The Hall–Kier alpha value is -2.49. The average Bonchev–Trinajstić information content (AvgIpc) is 3.17. The monoisotopic (exact) mass is 359 g/mol. The molecule has 1 atom stereocenters. The lowest BCUT2D eigenvalue weighted by Gasteiger charge is -2.32. The highest BCUT2D eigenvalue weighted by Crippen LogP contribution is 2.46. The Bertz CT molecular complexity index is 873. The number of aromatic nitrogens is 1. The summed E-state index contributed by atoms with van der Waals surface area (Å²) in [5, 5.41) is 0.